The quantitative estimate of drug-likeness (QED) is 0.819. The molecule has 1 N–H and O–H groups in total. The highest BCUT2D eigenvalue weighted by Gasteiger charge is 2.27. The highest BCUT2D eigenvalue weighted by atomic mass is 19.1. The molecule has 2 rings (SSSR count). The van der Waals surface area contributed by atoms with E-state index in [9.17, 15) is 9.18 Å². The van der Waals surface area contributed by atoms with Crippen LogP contribution in [-0.2, 0) is 0 Å². The summed E-state index contributed by atoms with van der Waals surface area (Å²) in [6.45, 7) is 5.39. The molecule has 1 atom stereocenters. The molecule has 1 heterocycles. The highest BCUT2D eigenvalue weighted by molar-refractivity contribution is 5.74. The second-order valence-electron chi connectivity index (χ2n) is 4.46. The molecule has 3 nitrogen and oxygen atoms in total. The van der Waals surface area contributed by atoms with E-state index in [1.165, 1.54) is 6.07 Å². The predicted molar refractivity (Wildman–Crippen MR) is 68.9 cm³/mol. The molecule has 0 bridgehead atoms. The number of hydrogen-bond donors (Lipinski definition) is 1. The van der Waals surface area contributed by atoms with Crippen LogP contribution in [0.25, 0.3) is 0 Å². The van der Waals surface area contributed by atoms with Crippen molar-refractivity contribution in [2.45, 2.75) is 12.3 Å². The molecule has 1 aromatic carbocycles. The van der Waals surface area contributed by atoms with Crippen LogP contribution >= 0.6 is 0 Å². The molecule has 0 radical (unpaired) electrons. The molecule has 18 heavy (non-hydrogen) atoms. The predicted octanol–water partition coefficient (Wildman–Crippen LogP) is 2.51. The monoisotopic (exact) mass is 248 g/mol. The smallest absolute Gasteiger partial charge is 0.317 e. The third kappa shape index (κ3) is 2.88. The van der Waals surface area contributed by atoms with E-state index in [2.05, 4.69) is 11.9 Å². The Balaban J connectivity index is 1.96. The van der Waals surface area contributed by atoms with E-state index < -0.39 is 0 Å². The van der Waals surface area contributed by atoms with Gasteiger partial charge in [0.15, 0.2) is 0 Å². The molecule has 2 amide bonds. The number of nitrogens with zero attached hydrogens (tertiary/aromatic N) is 1. The average Bonchev–Trinajstić information content (AvgIpc) is 2.85. The lowest BCUT2D eigenvalue weighted by atomic mass is 9.98. The summed E-state index contributed by atoms with van der Waals surface area (Å²) in [5.74, 6) is 0.0113. The van der Waals surface area contributed by atoms with Crippen molar-refractivity contribution >= 4 is 6.03 Å². The second-order valence-corrected chi connectivity index (χ2v) is 4.46. The zero-order valence-electron chi connectivity index (χ0n) is 10.2. The van der Waals surface area contributed by atoms with Gasteiger partial charge in [-0.05, 0) is 24.1 Å². The molecule has 1 saturated heterocycles. The maximum atomic E-state index is 13.1. The number of benzene rings is 1. The van der Waals surface area contributed by atoms with E-state index in [1.54, 1.807) is 23.1 Å². The average molecular weight is 248 g/mol. The van der Waals surface area contributed by atoms with Crippen molar-refractivity contribution in [2.24, 2.45) is 0 Å². The number of carbonyl (C=O) groups is 1. The van der Waals surface area contributed by atoms with Crippen LogP contribution in [0.1, 0.15) is 17.9 Å². The minimum absolute atomic E-state index is 0.0752. The van der Waals surface area contributed by atoms with E-state index in [4.69, 9.17) is 0 Å². The molecule has 96 valence electrons. The Morgan fingerprint density at radius 3 is 3.17 bits per heavy atom. The van der Waals surface area contributed by atoms with E-state index in [0.29, 0.717) is 19.6 Å². The van der Waals surface area contributed by atoms with E-state index >= 15 is 0 Å². The maximum Gasteiger partial charge on any atom is 0.317 e. The van der Waals surface area contributed by atoms with Crippen molar-refractivity contribution in [3.63, 3.8) is 0 Å². The SMILES string of the molecule is C=CCNC(=O)N1CC[C@H](c2cccc(F)c2)C1. The van der Waals surface area contributed by atoms with Crippen LogP contribution in [0.15, 0.2) is 36.9 Å². The molecule has 1 fully saturated rings. The van der Waals surface area contributed by atoms with Crippen LogP contribution in [0.5, 0.6) is 0 Å². The summed E-state index contributed by atoms with van der Waals surface area (Å²) in [7, 11) is 0. The first-order valence-electron chi connectivity index (χ1n) is 6.10. The fourth-order valence-electron chi connectivity index (χ4n) is 2.25. The van der Waals surface area contributed by atoms with Crippen LogP contribution in [0.4, 0.5) is 9.18 Å². The first-order valence-corrected chi connectivity index (χ1v) is 6.10. The van der Waals surface area contributed by atoms with Gasteiger partial charge in [0.25, 0.3) is 0 Å². The molecule has 0 unspecified atom stereocenters. The van der Waals surface area contributed by atoms with Gasteiger partial charge in [0.1, 0.15) is 5.82 Å². The van der Waals surface area contributed by atoms with Gasteiger partial charge < -0.3 is 10.2 Å². The number of hydrogen-bond acceptors (Lipinski definition) is 1. The zero-order chi connectivity index (χ0) is 13.0. The highest BCUT2D eigenvalue weighted by Crippen LogP contribution is 2.27. The summed E-state index contributed by atoms with van der Waals surface area (Å²) in [6, 6.07) is 6.54. The van der Waals surface area contributed by atoms with Crippen LogP contribution in [-0.4, -0.2) is 30.6 Å². The number of halogens is 1. The Kier molecular flexibility index (Phi) is 3.97. The molecule has 1 aliphatic rings. The van der Waals surface area contributed by atoms with Gasteiger partial charge in [-0.15, -0.1) is 6.58 Å². The van der Waals surface area contributed by atoms with Crippen molar-refractivity contribution in [2.75, 3.05) is 19.6 Å². The van der Waals surface area contributed by atoms with Crippen LogP contribution in [0.3, 0.4) is 0 Å². The van der Waals surface area contributed by atoms with E-state index in [1.807, 2.05) is 6.07 Å². The van der Waals surface area contributed by atoms with Crippen LogP contribution in [0.2, 0.25) is 0 Å². The molecule has 0 spiro atoms. The number of urea groups is 1. The maximum absolute atomic E-state index is 13.1. The minimum Gasteiger partial charge on any atom is -0.335 e. The van der Waals surface area contributed by atoms with E-state index in [0.717, 1.165) is 12.0 Å². The molecule has 1 aromatic rings. The van der Waals surface area contributed by atoms with Crippen molar-refractivity contribution in [1.82, 2.24) is 10.2 Å². The lowest BCUT2D eigenvalue weighted by Crippen LogP contribution is -2.38. The van der Waals surface area contributed by atoms with Crippen LogP contribution in [0, 0.1) is 5.82 Å². The number of amides is 2. The molecule has 0 saturated carbocycles. The third-order valence-corrected chi connectivity index (χ3v) is 3.19. The fraction of sp³-hybridized carbons (Fsp3) is 0.357. The Bertz CT molecular complexity index is 447. The van der Waals surface area contributed by atoms with Gasteiger partial charge in [-0.2, -0.15) is 0 Å². The fourth-order valence-corrected chi connectivity index (χ4v) is 2.25. The Morgan fingerprint density at radius 1 is 1.61 bits per heavy atom. The standard InChI is InChI=1S/C14H17FN2O/c1-2-7-16-14(18)17-8-6-12(10-17)11-4-3-5-13(15)9-11/h2-5,9,12H,1,6-8,10H2,(H,16,18)/t12-/m0/s1. The van der Waals surface area contributed by atoms with Gasteiger partial charge in [-0.25, -0.2) is 9.18 Å². The molecular formula is C14H17FN2O. The lowest BCUT2D eigenvalue weighted by molar-refractivity contribution is 0.209. The second kappa shape index (κ2) is 5.67. The first kappa shape index (κ1) is 12.6. The van der Waals surface area contributed by atoms with Crippen molar-refractivity contribution in [3.8, 4) is 0 Å². The summed E-state index contributed by atoms with van der Waals surface area (Å²) in [6.07, 6.45) is 2.53. The van der Waals surface area contributed by atoms with Gasteiger partial charge in [0.2, 0.25) is 0 Å². The largest absolute Gasteiger partial charge is 0.335 e. The number of likely N-dealkylation sites (tertiary alicyclic amines) is 1. The molecule has 1 aliphatic heterocycles. The van der Waals surface area contributed by atoms with Crippen molar-refractivity contribution < 1.29 is 9.18 Å². The Hall–Kier alpha value is -1.84. The van der Waals surface area contributed by atoms with Gasteiger partial charge in [-0.1, -0.05) is 18.2 Å². The molecule has 4 heteroatoms. The Labute approximate surface area is 106 Å². The van der Waals surface area contributed by atoms with Crippen molar-refractivity contribution in [1.29, 1.82) is 0 Å². The molecular weight excluding hydrogens is 231 g/mol. The lowest BCUT2D eigenvalue weighted by Gasteiger charge is -2.17. The normalized spacial score (nSPS) is 18.7. The van der Waals surface area contributed by atoms with E-state index in [-0.39, 0.29) is 17.8 Å². The summed E-state index contributed by atoms with van der Waals surface area (Å²) in [5.41, 5.74) is 0.967. The summed E-state index contributed by atoms with van der Waals surface area (Å²) in [5, 5.41) is 2.75. The van der Waals surface area contributed by atoms with Gasteiger partial charge in [0.05, 0.1) is 0 Å². The van der Waals surface area contributed by atoms with Crippen molar-refractivity contribution in [3.05, 3.63) is 48.3 Å². The van der Waals surface area contributed by atoms with Crippen LogP contribution < -0.4 is 5.32 Å². The third-order valence-electron chi connectivity index (χ3n) is 3.19. The Morgan fingerprint density at radius 2 is 2.44 bits per heavy atom. The zero-order valence-corrected chi connectivity index (χ0v) is 10.2. The number of nitrogens with one attached hydrogen (secondary N) is 1. The summed E-state index contributed by atoms with van der Waals surface area (Å²) < 4.78 is 13.1. The molecule has 0 aromatic heterocycles. The molecule has 0 aliphatic carbocycles. The van der Waals surface area contributed by atoms with Gasteiger partial charge in [-0.3, -0.25) is 0 Å². The number of carbonyl (C=O) groups excluding carboxylic acids is 1. The summed E-state index contributed by atoms with van der Waals surface area (Å²) in [4.78, 5) is 13.5. The topological polar surface area (TPSA) is 32.3 Å². The minimum atomic E-state index is -0.220. The van der Waals surface area contributed by atoms with Gasteiger partial charge in [0, 0.05) is 25.6 Å². The van der Waals surface area contributed by atoms with Gasteiger partial charge >= 0.3 is 6.03 Å². The first-order chi connectivity index (χ1) is 8.70. The summed E-state index contributed by atoms with van der Waals surface area (Å²) >= 11 is 0. The number of rotatable bonds is 3.